The molecule has 1 amide bonds. The smallest absolute Gasteiger partial charge is 0.327 e. The maximum atomic E-state index is 14.2. The van der Waals surface area contributed by atoms with Gasteiger partial charge in [0.05, 0.1) is 5.69 Å². The zero-order valence-corrected chi connectivity index (χ0v) is 19.1. The lowest BCUT2D eigenvalue weighted by Gasteiger charge is -2.46. The van der Waals surface area contributed by atoms with Crippen molar-refractivity contribution in [2.24, 2.45) is 0 Å². The Morgan fingerprint density at radius 1 is 0.857 bits per heavy atom. The number of fused-ring (bicyclic) bond motifs is 2. The van der Waals surface area contributed by atoms with E-state index in [0.717, 1.165) is 11.1 Å². The summed E-state index contributed by atoms with van der Waals surface area (Å²) in [6.45, 7) is 1.06. The van der Waals surface area contributed by atoms with Crippen LogP contribution in [0.4, 0.5) is 5.69 Å². The molecule has 2 fully saturated rings. The van der Waals surface area contributed by atoms with Gasteiger partial charge in [0.15, 0.2) is 5.78 Å². The van der Waals surface area contributed by atoms with Crippen LogP contribution in [0, 0.1) is 0 Å². The van der Waals surface area contributed by atoms with Gasteiger partial charge < -0.3 is 15.0 Å². The first-order valence-electron chi connectivity index (χ1n) is 11.9. The minimum absolute atomic E-state index is 0.0342. The van der Waals surface area contributed by atoms with E-state index in [9.17, 15) is 14.4 Å². The number of ketones is 1. The van der Waals surface area contributed by atoms with Crippen LogP contribution >= 0.6 is 0 Å². The topological polar surface area (TPSA) is 79.0 Å². The molecule has 3 aliphatic heterocycles. The van der Waals surface area contributed by atoms with Crippen molar-refractivity contribution in [1.82, 2.24) is 10.2 Å². The Bertz CT molecular complexity index is 1250. The van der Waals surface area contributed by atoms with Gasteiger partial charge in [-0.15, -0.1) is 0 Å². The molecule has 6 rings (SSSR count). The van der Waals surface area contributed by atoms with Gasteiger partial charge in [-0.05, 0) is 12.1 Å². The van der Waals surface area contributed by atoms with Gasteiger partial charge in [0, 0.05) is 42.7 Å². The summed E-state index contributed by atoms with van der Waals surface area (Å²) < 4.78 is 6.24. The van der Waals surface area contributed by atoms with Crippen molar-refractivity contribution in [3.05, 3.63) is 102 Å². The van der Waals surface area contributed by atoms with Crippen molar-refractivity contribution < 1.29 is 19.1 Å². The first-order valence-corrected chi connectivity index (χ1v) is 11.9. The molecule has 2 unspecified atom stereocenters. The Balaban J connectivity index is 1.49. The second kappa shape index (κ2) is 8.45. The van der Waals surface area contributed by atoms with Crippen molar-refractivity contribution in [3.63, 3.8) is 0 Å². The van der Waals surface area contributed by atoms with Crippen LogP contribution in [0.25, 0.3) is 0 Å². The van der Waals surface area contributed by atoms with Gasteiger partial charge in [-0.2, -0.15) is 0 Å². The fraction of sp³-hybridized carbons (Fsp3) is 0.250. The lowest BCUT2D eigenvalue weighted by Crippen LogP contribution is -2.66. The molecule has 0 saturated carbocycles. The minimum atomic E-state index is -1.24. The van der Waals surface area contributed by atoms with Crippen molar-refractivity contribution >= 4 is 23.3 Å². The number of nitrogens with one attached hydrogen (secondary N) is 1. The number of carbonyl (C=O) groups excluding carboxylic acids is 3. The van der Waals surface area contributed by atoms with E-state index in [-0.39, 0.29) is 24.1 Å². The SMILES string of the molecule is O=C1CCN(C(=O)C2CNCC3C(=O)OC(c4ccccc4)(c4ccccc4)N32)c2ccccc21. The standard InChI is InChI=1S/C28H25N3O4/c32-25-15-16-30(22-14-8-7-13-21(22)25)26(33)23-17-29-18-24-27(34)35-28(31(23)24,19-9-3-1-4-10-19)20-11-5-2-6-12-20/h1-14,23-24,29H,15-18H2. The molecular weight excluding hydrogens is 442 g/mol. The number of anilines is 1. The zero-order chi connectivity index (χ0) is 24.0. The molecule has 3 aromatic rings. The highest BCUT2D eigenvalue weighted by molar-refractivity contribution is 6.10. The number of hydrogen-bond acceptors (Lipinski definition) is 6. The highest BCUT2D eigenvalue weighted by Gasteiger charge is 2.61. The Morgan fingerprint density at radius 3 is 2.17 bits per heavy atom. The molecule has 2 saturated heterocycles. The van der Waals surface area contributed by atoms with Crippen LogP contribution in [0.2, 0.25) is 0 Å². The monoisotopic (exact) mass is 467 g/mol. The number of hydrogen-bond donors (Lipinski definition) is 1. The van der Waals surface area contributed by atoms with Crippen molar-refractivity contribution in [2.45, 2.75) is 24.2 Å². The highest BCUT2D eigenvalue weighted by Crippen LogP contribution is 2.46. The average molecular weight is 468 g/mol. The van der Waals surface area contributed by atoms with Crippen LogP contribution in [0.5, 0.6) is 0 Å². The largest absolute Gasteiger partial charge is 0.434 e. The fourth-order valence-electron chi connectivity index (χ4n) is 5.61. The summed E-state index contributed by atoms with van der Waals surface area (Å²) in [6, 6.07) is 25.1. The van der Waals surface area contributed by atoms with Crippen molar-refractivity contribution in [1.29, 1.82) is 0 Å². The summed E-state index contributed by atoms with van der Waals surface area (Å²) in [7, 11) is 0. The molecule has 0 radical (unpaired) electrons. The molecule has 7 nitrogen and oxygen atoms in total. The van der Waals surface area contributed by atoms with E-state index in [2.05, 4.69) is 5.32 Å². The predicted molar refractivity (Wildman–Crippen MR) is 130 cm³/mol. The molecule has 2 atom stereocenters. The van der Waals surface area contributed by atoms with Gasteiger partial charge >= 0.3 is 5.97 Å². The molecule has 0 aromatic heterocycles. The van der Waals surface area contributed by atoms with Gasteiger partial charge in [0.1, 0.15) is 12.1 Å². The molecule has 0 spiro atoms. The Labute approximate surface area is 203 Å². The van der Waals surface area contributed by atoms with Crippen molar-refractivity contribution in [3.8, 4) is 0 Å². The lowest BCUT2D eigenvalue weighted by atomic mass is 9.89. The van der Waals surface area contributed by atoms with E-state index in [0.29, 0.717) is 30.9 Å². The summed E-state index contributed by atoms with van der Waals surface area (Å²) >= 11 is 0. The summed E-state index contributed by atoms with van der Waals surface area (Å²) in [5, 5.41) is 3.27. The van der Waals surface area contributed by atoms with E-state index in [1.54, 1.807) is 11.0 Å². The number of para-hydroxylation sites is 1. The number of esters is 1. The second-order valence-corrected chi connectivity index (χ2v) is 9.07. The number of benzene rings is 3. The average Bonchev–Trinajstić information content (AvgIpc) is 3.23. The molecule has 7 heteroatoms. The van der Waals surface area contributed by atoms with Crippen LogP contribution in [-0.4, -0.2) is 54.3 Å². The van der Waals surface area contributed by atoms with Crippen molar-refractivity contribution in [2.75, 3.05) is 24.5 Å². The van der Waals surface area contributed by atoms with E-state index < -0.39 is 17.8 Å². The van der Waals surface area contributed by atoms with E-state index in [4.69, 9.17) is 4.74 Å². The lowest BCUT2D eigenvalue weighted by molar-refractivity contribution is -0.152. The molecule has 0 bridgehead atoms. The van der Waals surface area contributed by atoms with Gasteiger partial charge in [0.2, 0.25) is 11.6 Å². The number of ether oxygens (including phenoxy) is 1. The number of piperazine rings is 1. The van der Waals surface area contributed by atoms with Gasteiger partial charge in [-0.1, -0.05) is 72.8 Å². The second-order valence-electron chi connectivity index (χ2n) is 9.07. The number of rotatable bonds is 3. The summed E-state index contributed by atoms with van der Waals surface area (Å²) in [4.78, 5) is 43.6. The highest BCUT2D eigenvalue weighted by atomic mass is 16.6. The first-order chi connectivity index (χ1) is 17.1. The third-order valence-electron chi connectivity index (χ3n) is 7.17. The summed E-state index contributed by atoms with van der Waals surface area (Å²) in [5.74, 6) is -0.486. The van der Waals surface area contributed by atoms with Gasteiger partial charge in [-0.3, -0.25) is 14.4 Å². The molecule has 35 heavy (non-hydrogen) atoms. The molecule has 3 aliphatic rings. The van der Waals surface area contributed by atoms with Crippen LogP contribution in [0.1, 0.15) is 27.9 Å². The van der Waals surface area contributed by atoms with Crippen LogP contribution in [0.15, 0.2) is 84.9 Å². The molecule has 1 N–H and O–H groups in total. The van der Waals surface area contributed by atoms with Gasteiger partial charge in [-0.25, -0.2) is 4.90 Å². The Kier molecular flexibility index (Phi) is 5.24. The Morgan fingerprint density at radius 2 is 1.49 bits per heavy atom. The van der Waals surface area contributed by atoms with E-state index in [1.807, 2.05) is 83.8 Å². The summed E-state index contributed by atoms with van der Waals surface area (Å²) in [6.07, 6.45) is 0.268. The molecular formula is C28H25N3O4. The fourth-order valence-corrected chi connectivity index (χ4v) is 5.61. The normalized spacial score (nSPS) is 23.4. The van der Waals surface area contributed by atoms with E-state index in [1.165, 1.54) is 0 Å². The molecule has 3 heterocycles. The Hall–Kier alpha value is -3.81. The summed E-state index contributed by atoms with van der Waals surface area (Å²) in [5.41, 5.74) is 1.51. The number of nitrogens with zero attached hydrogens (tertiary/aromatic N) is 2. The number of Topliss-reactive ketones (excluding diaryl/α,β-unsaturated/α-hetero) is 1. The number of amides is 1. The third kappa shape index (κ3) is 3.31. The van der Waals surface area contributed by atoms with E-state index >= 15 is 0 Å². The predicted octanol–water partition coefficient (Wildman–Crippen LogP) is 2.71. The zero-order valence-electron chi connectivity index (χ0n) is 19.1. The quantitative estimate of drug-likeness (QED) is 0.597. The van der Waals surface area contributed by atoms with Gasteiger partial charge in [0.25, 0.3) is 0 Å². The van der Waals surface area contributed by atoms with Crippen LogP contribution in [0.3, 0.4) is 0 Å². The molecule has 176 valence electrons. The third-order valence-corrected chi connectivity index (χ3v) is 7.17. The number of cyclic esters (lactones) is 1. The number of carbonyl (C=O) groups is 3. The maximum absolute atomic E-state index is 14.2. The minimum Gasteiger partial charge on any atom is -0.434 e. The first kappa shape index (κ1) is 21.7. The van der Waals surface area contributed by atoms with Crippen LogP contribution in [-0.2, 0) is 20.1 Å². The van der Waals surface area contributed by atoms with Crippen LogP contribution < -0.4 is 10.2 Å². The molecule has 0 aliphatic carbocycles. The molecule has 3 aromatic carbocycles. The maximum Gasteiger partial charge on any atom is 0.327 e.